The smallest absolute Gasteiger partial charge is 0.363 e. The lowest BCUT2D eigenvalue weighted by atomic mass is 10.2. The van der Waals surface area contributed by atoms with Crippen molar-refractivity contribution in [3.8, 4) is 5.75 Å². The summed E-state index contributed by atoms with van der Waals surface area (Å²) in [6.07, 6.45) is 1.91. The van der Waals surface area contributed by atoms with E-state index in [1.807, 2.05) is 0 Å². The van der Waals surface area contributed by atoms with Gasteiger partial charge in [-0.1, -0.05) is 6.92 Å². The first-order valence-electron chi connectivity index (χ1n) is 8.87. The van der Waals surface area contributed by atoms with Crippen molar-refractivity contribution in [2.75, 3.05) is 5.32 Å². The van der Waals surface area contributed by atoms with Gasteiger partial charge in [-0.05, 0) is 93.2 Å². The molecule has 0 saturated heterocycles. The van der Waals surface area contributed by atoms with Crippen LogP contribution in [0.4, 0.5) is 5.69 Å². The topological polar surface area (TPSA) is 94.1 Å². The standard InChI is InChI=1S/C21H16I2N2O5/c1-3-18(27)29-19-15(22)8-12(9-16(19)23)10-17-21(28)30-20(25-17)13-4-6-14(7-5-13)24-11(2)26/h4-10H,3H2,1-2H3,(H,24,26)/b17-10-. The molecule has 0 spiro atoms. The molecule has 1 amide bonds. The van der Waals surface area contributed by atoms with Crippen molar-refractivity contribution in [1.29, 1.82) is 0 Å². The highest BCUT2D eigenvalue weighted by Crippen LogP contribution is 2.31. The Labute approximate surface area is 200 Å². The van der Waals surface area contributed by atoms with Crippen LogP contribution in [0.3, 0.4) is 0 Å². The van der Waals surface area contributed by atoms with Crippen molar-refractivity contribution in [1.82, 2.24) is 0 Å². The SMILES string of the molecule is CCC(=O)Oc1c(I)cc(/C=C2\N=C(c3ccc(NC(C)=O)cc3)OC2=O)cc1I. The molecule has 7 nitrogen and oxygen atoms in total. The second-order valence-corrected chi connectivity index (χ2v) is 8.56. The van der Waals surface area contributed by atoms with E-state index in [1.54, 1.807) is 49.4 Å². The lowest BCUT2D eigenvalue weighted by Gasteiger charge is -2.09. The minimum absolute atomic E-state index is 0.167. The molecule has 1 N–H and O–H groups in total. The summed E-state index contributed by atoms with van der Waals surface area (Å²) in [6.45, 7) is 3.16. The van der Waals surface area contributed by atoms with Gasteiger partial charge < -0.3 is 14.8 Å². The average molecular weight is 630 g/mol. The van der Waals surface area contributed by atoms with Crippen LogP contribution in [0.2, 0.25) is 0 Å². The molecule has 2 aromatic rings. The summed E-state index contributed by atoms with van der Waals surface area (Å²) in [5.41, 5.74) is 2.16. The summed E-state index contributed by atoms with van der Waals surface area (Å²) >= 11 is 4.17. The highest BCUT2D eigenvalue weighted by molar-refractivity contribution is 14.1. The third-order valence-electron chi connectivity index (χ3n) is 3.90. The molecule has 0 aromatic heterocycles. The highest BCUT2D eigenvalue weighted by atomic mass is 127. The van der Waals surface area contributed by atoms with Crippen LogP contribution in [0.15, 0.2) is 47.1 Å². The van der Waals surface area contributed by atoms with Crippen LogP contribution < -0.4 is 10.1 Å². The molecular formula is C21H16I2N2O5. The van der Waals surface area contributed by atoms with Gasteiger partial charge in [-0.3, -0.25) is 9.59 Å². The molecule has 2 aromatic carbocycles. The predicted octanol–water partition coefficient (Wildman–Crippen LogP) is 4.51. The lowest BCUT2D eigenvalue weighted by molar-refractivity contribution is -0.134. The zero-order valence-corrected chi connectivity index (χ0v) is 20.3. The third kappa shape index (κ3) is 5.45. The number of rotatable bonds is 5. The number of anilines is 1. The van der Waals surface area contributed by atoms with E-state index in [4.69, 9.17) is 9.47 Å². The first kappa shape index (κ1) is 22.4. The minimum Gasteiger partial charge on any atom is -0.424 e. The van der Waals surface area contributed by atoms with Crippen molar-refractivity contribution >= 4 is 80.7 Å². The quantitative estimate of drug-likeness (QED) is 0.227. The van der Waals surface area contributed by atoms with Gasteiger partial charge in [0.25, 0.3) is 0 Å². The first-order valence-corrected chi connectivity index (χ1v) is 11.0. The van der Waals surface area contributed by atoms with Gasteiger partial charge in [0.15, 0.2) is 11.4 Å². The molecule has 0 saturated carbocycles. The van der Waals surface area contributed by atoms with Crippen molar-refractivity contribution < 1.29 is 23.9 Å². The largest absolute Gasteiger partial charge is 0.424 e. The molecule has 154 valence electrons. The molecule has 1 aliphatic rings. The van der Waals surface area contributed by atoms with Crippen LogP contribution >= 0.6 is 45.2 Å². The van der Waals surface area contributed by atoms with Crippen LogP contribution in [0, 0.1) is 7.14 Å². The Morgan fingerprint density at radius 2 is 1.80 bits per heavy atom. The van der Waals surface area contributed by atoms with Gasteiger partial charge in [-0.25, -0.2) is 9.79 Å². The zero-order valence-electron chi connectivity index (χ0n) is 16.0. The van der Waals surface area contributed by atoms with E-state index in [2.05, 4.69) is 55.5 Å². The zero-order chi connectivity index (χ0) is 21.8. The molecule has 3 rings (SSSR count). The number of halogens is 2. The van der Waals surface area contributed by atoms with E-state index in [0.29, 0.717) is 17.0 Å². The Hall–Kier alpha value is -2.28. The minimum atomic E-state index is -0.553. The number of carbonyl (C=O) groups is 3. The second kappa shape index (κ2) is 9.69. The predicted molar refractivity (Wildman–Crippen MR) is 129 cm³/mol. The fourth-order valence-corrected chi connectivity index (χ4v) is 4.57. The molecule has 0 aliphatic carbocycles. The number of amides is 1. The molecule has 0 atom stereocenters. The van der Waals surface area contributed by atoms with Crippen LogP contribution in [-0.2, 0) is 19.1 Å². The van der Waals surface area contributed by atoms with E-state index in [9.17, 15) is 14.4 Å². The lowest BCUT2D eigenvalue weighted by Crippen LogP contribution is -2.08. The Morgan fingerprint density at radius 3 is 2.37 bits per heavy atom. The van der Waals surface area contributed by atoms with E-state index in [0.717, 1.165) is 12.7 Å². The summed E-state index contributed by atoms with van der Waals surface area (Å²) in [4.78, 5) is 39.3. The normalized spacial score (nSPS) is 14.3. The number of ether oxygens (including phenoxy) is 2. The third-order valence-corrected chi connectivity index (χ3v) is 5.50. The fourth-order valence-electron chi connectivity index (χ4n) is 2.54. The molecule has 9 heteroatoms. The molecule has 0 unspecified atom stereocenters. The molecular weight excluding hydrogens is 614 g/mol. The number of hydrogen-bond acceptors (Lipinski definition) is 6. The van der Waals surface area contributed by atoms with Crippen molar-refractivity contribution in [2.45, 2.75) is 20.3 Å². The Bertz CT molecular complexity index is 1070. The van der Waals surface area contributed by atoms with Gasteiger partial charge in [0.05, 0.1) is 7.14 Å². The number of nitrogens with zero attached hydrogens (tertiary/aromatic N) is 1. The summed E-state index contributed by atoms with van der Waals surface area (Å²) in [5, 5.41) is 2.67. The Balaban J connectivity index is 1.85. The molecule has 0 fully saturated rings. The van der Waals surface area contributed by atoms with Gasteiger partial charge in [-0.2, -0.15) is 0 Å². The van der Waals surface area contributed by atoms with Crippen molar-refractivity contribution in [2.24, 2.45) is 4.99 Å². The van der Waals surface area contributed by atoms with Gasteiger partial charge >= 0.3 is 11.9 Å². The molecule has 0 bridgehead atoms. The Kier molecular flexibility index (Phi) is 7.23. The Morgan fingerprint density at radius 1 is 1.17 bits per heavy atom. The number of cyclic esters (lactones) is 1. The molecule has 30 heavy (non-hydrogen) atoms. The van der Waals surface area contributed by atoms with Crippen LogP contribution in [0.25, 0.3) is 6.08 Å². The molecule has 1 heterocycles. The van der Waals surface area contributed by atoms with Crippen molar-refractivity contribution in [3.63, 3.8) is 0 Å². The van der Waals surface area contributed by atoms with Gasteiger partial charge in [-0.15, -0.1) is 0 Å². The number of benzene rings is 2. The van der Waals surface area contributed by atoms with Gasteiger partial charge in [0, 0.05) is 24.6 Å². The maximum atomic E-state index is 12.3. The number of nitrogens with one attached hydrogen (secondary N) is 1. The maximum absolute atomic E-state index is 12.3. The van der Waals surface area contributed by atoms with E-state index in [1.165, 1.54) is 6.92 Å². The summed E-state index contributed by atoms with van der Waals surface area (Å²) in [6, 6.07) is 10.4. The van der Waals surface area contributed by atoms with Crippen LogP contribution in [-0.4, -0.2) is 23.7 Å². The molecule has 0 radical (unpaired) electrons. The fraction of sp³-hybridized carbons (Fsp3) is 0.143. The first-order chi connectivity index (χ1) is 14.3. The monoisotopic (exact) mass is 630 g/mol. The van der Waals surface area contributed by atoms with E-state index >= 15 is 0 Å². The average Bonchev–Trinajstić information content (AvgIpc) is 3.05. The number of hydrogen-bond donors (Lipinski definition) is 1. The second-order valence-electron chi connectivity index (χ2n) is 6.24. The van der Waals surface area contributed by atoms with Crippen LogP contribution in [0.5, 0.6) is 5.75 Å². The van der Waals surface area contributed by atoms with Crippen molar-refractivity contribution in [3.05, 3.63) is 60.4 Å². The summed E-state index contributed by atoms with van der Waals surface area (Å²) < 4.78 is 12.1. The summed E-state index contributed by atoms with van der Waals surface area (Å²) in [5.74, 6) is -0.337. The van der Waals surface area contributed by atoms with Gasteiger partial charge in [0.2, 0.25) is 11.8 Å². The number of esters is 2. The summed E-state index contributed by atoms with van der Waals surface area (Å²) in [7, 11) is 0. The maximum Gasteiger partial charge on any atom is 0.363 e. The van der Waals surface area contributed by atoms with Crippen LogP contribution in [0.1, 0.15) is 31.4 Å². The number of aliphatic imine (C=N–C) groups is 1. The highest BCUT2D eigenvalue weighted by Gasteiger charge is 2.24. The molecule has 1 aliphatic heterocycles. The number of carbonyl (C=O) groups excluding carboxylic acids is 3. The van der Waals surface area contributed by atoms with E-state index < -0.39 is 5.97 Å². The van der Waals surface area contributed by atoms with E-state index in [-0.39, 0.29) is 29.9 Å². The van der Waals surface area contributed by atoms with Gasteiger partial charge in [0.1, 0.15) is 0 Å².